The highest BCUT2D eigenvalue weighted by Crippen LogP contribution is 2.19. The monoisotopic (exact) mass is 261 g/mol. The van der Waals surface area contributed by atoms with E-state index in [9.17, 15) is 14.9 Å². The second-order valence-electron chi connectivity index (χ2n) is 3.96. The number of hydrogen-bond acceptors (Lipinski definition) is 5. The lowest BCUT2D eigenvalue weighted by Crippen LogP contribution is -2.13. The minimum Gasteiger partial charge on any atom is -0.289 e. The van der Waals surface area contributed by atoms with Gasteiger partial charge in [0.1, 0.15) is 5.82 Å². The first-order chi connectivity index (χ1) is 8.97. The van der Waals surface area contributed by atoms with E-state index in [1.54, 1.807) is 13.8 Å². The van der Waals surface area contributed by atoms with E-state index in [4.69, 9.17) is 0 Å². The highest BCUT2D eigenvalue weighted by molar-refractivity contribution is 6.03. The summed E-state index contributed by atoms with van der Waals surface area (Å²) in [6.07, 6.45) is 0. The molecule has 0 aliphatic carbocycles. The SMILES string of the molecule is Cc1nc(NC(=O)c2ccc(C)c([N+](=O)[O-])c2)n[nH]1. The molecular weight excluding hydrogens is 250 g/mol. The van der Waals surface area contributed by atoms with Gasteiger partial charge in [-0.3, -0.25) is 25.3 Å². The molecule has 0 saturated heterocycles. The lowest BCUT2D eigenvalue weighted by Gasteiger charge is -2.02. The van der Waals surface area contributed by atoms with Crippen LogP contribution in [0.3, 0.4) is 0 Å². The van der Waals surface area contributed by atoms with Gasteiger partial charge in [0.25, 0.3) is 11.6 Å². The van der Waals surface area contributed by atoms with Crippen molar-refractivity contribution in [3.05, 3.63) is 45.3 Å². The van der Waals surface area contributed by atoms with Crippen molar-refractivity contribution in [2.75, 3.05) is 5.32 Å². The number of nitrogens with zero attached hydrogens (tertiary/aromatic N) is 3. The van der Waals surface area contributed by atoms with Gasteiger partial charge in [0, 0.05) is 17.2 Å². The highest BCUT2D eigenvalue weighted by atomic mass is 16.6. The third kappa shape index (κ3) is 2.73. The van der Waals surface area contributed by atoms with Crippen LogP contribution >= 0.6 is 0 Å². The van der Waals surface area contributed by atoms with Crippen LogP contribution < -0.4 is 5.32 Å². The number of hydrogen-bond donors (Lipinski definition) is 2. The smallest absolute Gasteiger partial charge is 0.273 e. The molecule has 98 valence electrons. The van der Waals surface area contributed by atoms with Crippen LogP contribution in [0.4, 0.5) is 11.6 Å². The van der Waals surface area contributed by atoms with Gasteiger partial charge >= 0.3 is 0 Å². The van der Waals surface area contributed by atoms with Crippen molar-refractivity contribution in [1.29, 1.82) is 0 Å². The molecule has 0 spiro atoms. The van der Waals surface area contributed by atoms with Crippen LogP contribution in [0, 0.1) is 24.0 Å². The zero-order chi connectivity index (χ0) is 14.0. The van der Waals surface area contributed by atoms with Crippen molar-refractivity contribution < 1.29 is 9.72 Å². The maximum Gasteiger partial charge on any atom is 0.273 e. The molecule has 0 atom stereocenters. The van der Waals surface area contributed by atoms with Gasteiger partial charge in [0.2, 0.25) is 5.95 Å². The number of nitrogens with one attached hydrogen (secondary N) is 2. The van der Waals surface area contributed by atoms with Crippen LogP contribution in [0.5, 0.6) is 0 Å². The van der Waals surface area contributed by atoms with Crippen molar-refractivity contribution in [1.82, 2.24) is 15.2 Å². The quantitative estimate of drug-likeness (QED) is 0.643. The number of rotatable bonds is 3. The van der Waals surface area contributed by atoms with Crippen molar-refractivity contribution in [3.63, 3.8) is 0 Å². The molecule has 8 heteroatoms. The van der Waals surface area contributed by atoms with E-state index in [-0.39, 0.29) is 17.2 Å². The first kappa shape index (κ1) is 12.7. The summed E-state index contributed by atoms with van der Waals surface area (Å²) in [5.41, 5.74) is 0.578. The molecule has 0 aliphatic rings. The Morgan fingerprint density at radius 3 is 2.74 bits per heavy atom. The maximum atomic E-state index is 11.9. The lowest BCUT2D eigenvalue weighted by molar-refractivity contribution is -0.385. The van der Waals surface area contributed by atoms with Crippen LogP contribution in [-0.2, 0) is 0 Å². The van der Waals surface area contributed by atoms with Gasteiger partial charge < -0.3 is 0 Å². The van der Waals surface area contributed by atoms with Crippen LogP contribution in [-0.4, -0.2) is 26.0 Å². The molecule has 2 rings (SSSR count). The number of amides is 1. The zero-order valence-corrected chi connectivity index (χ0v) is 10.3. The molecule has 0 radical (unpaired) electrons. The summed E-state index contributed by atoms with van der Waals surface area (Å²) in [5.74, 6) is 0.193. The standard InChI is InChI=1S/C11H11N5O3/c1-6-3-4-8(5-9(6)16(18)19)10(17)13-11-12-7(2)14-15-11/h3-5H,1-2H3,(H2,12,13,14,15,17). The minimum atomic E-state index is -0.525. The van der Waals surface area contributed by atoms with E-state index in [1.165, 1.54) is 18.2 Å². The Labute approximate surface area is 108 Å². The molecule has 0 unspecified atom stereocenters. The van der Waals surface area contributed by atoms with E-state index in [0.717, 1.165) is 0 Å². The Morgan fingerprint density at radius 2 is 2.16 bits per heavy atom. The maximum absolute atomic E-state index is 11.9. The van der Waals surface area contributed by atoms with Crippen LogP contribution in [0.15, 0.2) is 18.2 Å². The van der Waals surface area contributed by atoms with Gasteiger partial charge in [-0.05, 0) is 19.9 Å². The Hall–Kier alpha value is -2.77. The molecule has 2 N–H and O–H groups in total. The molecule has 1 amide bonds. The molecule has 19 heavy (non-hydrogen) atoms. The van der Waals surface area contributed by atoms with Crippen LogP contribution in [0.2, 0.25) is 0 Å². The number of aromatic amines is 1. The highest BCUT2D eigenvalue weighted by Gasteiger charge is 2.15. The average Bonchev–Trinajstić information content (AvgIpc) is 2.74. The fourth-order valence-corrected chi connectivity index (χ4v) is 1.52. The number of carbonyl (C=O) groups is 1. The molecule has 0 bridgehead atoms. The fraction of sp³-hybridized carbons (Fsp3) is 0.182. The molecule has 2 aromatic rings. The predicted molar refractivity (Wildman–Crippen MR) is 66.9 cm³/mol. The predicted octanol–water partition coefficient (Wildman–Crippen LogP) is 1.58. The Morgan fingerprint density at radius 1 is 1.42 bits per heavy atom. The Kier molecular flexibility index (Phi) is 3.23. The second-order valence-corrected chi connectivity index (χ2v) is 3.96. The van der Waals surface area contributed by atoms with Crippen molar-refractivity contribution >= 4 is 17.5 Å². The first-order valence-electron chi connectivity index (χ1n) is 5.43. The number of nitro benzene ring substituents is 1. The van der Waals surface area contributed by atoms with Gasteiger partial charge in [-0.15, -0.1) is 5.10 Å². The lowest BCUT2D eigenvalue weighted by atomic mass is 10.1. The summed E-state index contributed by atoms with van der Waals surface area (Å²) in [6, 6.07) is 4.26. The summed E-state index contributed by atoms with van der Waals surface area (Å²) < 4.78 is 0. The van der Waals surface area contributed by atoms with E-state index in [2.05, 4.69) is 20.5 Å². The van der Waals surface area contributed by atoms with E-state index in [0.29, 0.717) is 11.4 Å². The third-order valence-electron chi connectivity index (χ3n) is 2.49. The molecule has 1 aromatic carbocycles. The van der Waals surface area contributed by atoms with E-state index >= 15 is 0 Å². The molecule has 0 fully saturated rings. The van der Waals surface area contributed by atoms with Crippen molar-refractivity contribution in [2.45, 2.75) is 13.8 Å². The summed E-state index contributed by atoms with van der Waals surface area (Å²) in [4.78, 5) is 26.1. The van der Waals surface area contributed by atoms with Crippen molar-refractivity contribution in [2.24, 2.45) is 0 Å². The molecule has 1 aromatic heterocycles. The van der Waals surface area contributed by atoms with Crippen molar-refractivity contribution in [3.8, 4) is 0 Å². The van der Waals surface area contributed by atoms with E-state index < -0.39 is 10.8 Å². The fourth-order valence-electron chi connectivity index (χ4n) is 1.52. The number of nitro groups is 1. The van der Waals surface area contributed by atoms with E-state index in [1.807, 2.05) is 0 Å². The Bertz CT molecular complexity index is 650. The summed E-state index contributed by atoms with van der Waals surface area (Å²) in [7, 11) is 0. The van der Waals surface area contributed by atoms with Gasteiger partial charge in [0.05, 0.1) is 4.92 Å². The summed E-state index contributed by atoms with van der Waals surface area (Å²) >= 11 is 0. The molecule has 1 heterocycles. The molecule has 0 aliphatic heterocycles. The zero-order valence-electron chi connectivity index (χ0n) is 10.3. The summed E-state index contributed by atoms with van der Waals surface area (Å²) in [5, 5.41) is 19.6. The normalized spacial score (nSPS) is 10.2. The minimum absolute atomic E-state index is 0.0983. The average molecular weight is 261 g/mol. The number of carbonyl (C=O) groups excluding carboxylic acids is 1. The van der Waals surface area contributed by atoms with Gasteiger partial charge in [-0.25, -0.2) is 0 Å². The number of aryl methyl sites for hydroxylation is 2. The van der Waals surface area contributed by atoms with Crippen LogP contribution in [0.1, 0.15) is 21.7 Å². The molecular formula is C11H11N5O3. The first-order valence-corrected chi connectivity index (χ1v) is 5.43. The number of H-pyrrole nitrogens is 1. The number of benzene rings is 1. The molecule has 8 nitrogen and oxygen atoms in total. The third-order valence-corrected chi connectivity index (χ3v) is 2.49. The number of anilines is 1. The Balaban J connectivity index is 2.24. The van der Waals surface area contributed by atoms with Crippen LogP contribution in [0.25, 0.3) is 0 Å². The number of aromatic nitrogens is 3. The summed E-state index contributed by atoms with van der Waals surface area (Å²) in [6.45, 7) is 3.30. The van der Waals surface area contributed by atoms with Gasteiger partial charge in [-0.2, -0.15) is 4.98 Å². The van der Waals surface area contributed by atoms with Gasteiger partial charge in [0.15, 0.2) is 0 Å². The topological polar surface area (TPSA) is 114 Å². The second kappa shape index (κ2) is 4.84. The molecule has 0 saturated carbocycles. The van der Waals surface area contributed by atoms with Gasteiger partial charge in [-0.1, -0.05) is 6.07 Å². The largest absolute Gasteiger partial charge is 0.289 e.